The summed E-state index contributed by atoms with van der Waals surface area (Å²) < 4.78 is 3.74. The van der Waals surface area contributed by atoms with Crippen LogP contribution in [-0.2, 0) is 0 Å². The van der Waals surface area contributed by atoms with Crippen molar-refractivity contribution in [2.24, 2.45) is 5.73 Å². The summed E-state index contributed by atoms with van der Waals surface area (Å²) in [4.78, 5) is 24.5. The van der Waals surface area contributed by atoms with Crippen LogP contribution in [0, 0.1) is 13.8 Å². The number of benzene rings is 1. The fourth-order valence-electron chi connectivity index (χ4n) is 1.85. The third-order valence-corrected chi connectivity index (χ3v) is 3.85. The van der Waals surface area contributed by atoms with Crippen molar-refractivity contribution in [1.82, 2.24) is 14.9 Å². The number of amides is 2. The maximum absolute atomic E-state index is 12.1. The van der Waals surface area contributed by atoms with Crippen LogP contribution in [0.25, 0.3) is 0 Å². The third kappa shape index (κ3) is 3.66. The molecule has 2 rings (SSSR count). The van der Waals surface area contributed by atoms with Gasteiger partial charge in [0, 0.05) is 24.3 Å². The van der Waals surface area contributed by atoms with E-state index in [2.05, 4.69) is 20.2 Å². The monoisotopic (exact) mass is 319 g/mol. The first-order valence-corrected chi connectivity index (χ1v) is 7.49. The number of carbonyl (C=O) groups excluding carboxylic acids is 2. The standard InChI is InChI=1S/C14H17N5O2S/c1-8-7-10(13(20)16-6-5-15)3-4-11(8)17-14(21)12-9(2)18-19-22-12/h3-4,7H,5-6,15H2,1-2H3,(H,16,20)(H,17,21). The normalized spacial score (nSPS) is 10.3. The molecule has 0 aliphatic heterocycles. The fraction of sp³-hybridized carbons (Fsp3) is 0.286. The van der Waals surface area contributed by atoms with Gasteiger partial charge in [-0.2, -0.15) is 0 Å². The second-order valence-electron chi connectivity index (χ2n) is 4.72. The first kappa shape index (κ1) is 16.1. The largest absolute Gasteiger partial charge is 0.351 e. The van der Waals surface area contributed by atoms with Crippen molar-refractivity contribution in [2.75, 3.05) is 18.4 Å². The van der Waals surface area contributed by atoms with Crippen molar-refractivity contribution >= 4 is 29.0 Å². The minimum absolute atomic E-state index is 0.186. The zero-order valence-corrected chi connectivity index (χ0v) is 13.2. The Balaban J connectivity index is 2.11. The maximum atomic E-state index is 12.1. The van der Waals surface area contributed by atoms with Crippen LogP contribution in [0.3, 0.4) is 0 Å². The van der Waals surface area contributed by atoms with E-state index in [1.165, 1.54) is 0 Å². The van der Waals surface area contributed by atoms with Gasteiger partial charge in [-0.1, -0.05) is 4.49 Å². The van der Waals surface area contributed by atoms with Crippen molar-refractivity contribution in [3.8, 4) is 0 Å². The van der Waals surface area contributed by atoms with Gasteiger partial charge >= 0.3 is 0 Å². The molecule has 0 fully saturated rings. The minimum atomic E-state index is -0.254. The highest BCUT2D eigenvalue weighted by molar-refractivity contribution is 7.08. The lowest BCUT2D eigenvalue weighted by atomic mass is 10.1. The molecule has 8 heteroatoms. The van der Waals surface area contributed by atoms with E-state index in [0.29, 0.717) is 34.9 Å². The van der Waals surface area contributed by atoms with E-state index in [-0.39, 0.29) is 11.8 Å². The zero-order valence-electron chi connectivity index (χ0n) is 12.3. The van der Waals surface area contributed by atoms with Gasteiger partial charge in [-0.3, -0.25) is 9.59 Å². The van der Waals surface area contributed by atoms with Gasteiger partial charge in [-0.15, -0.1) is 5.10 Å². The molecule has 0 bridgehead atoms. The average molecular weight is 319 g/mol. The highest BCUT2D eigenvalue weighted by Crippen LogP contribution is 2.19. The van der Waals surface area contributed by atoms with Crippen LogP contribution in [-0.4, -0.2) is 34.5 Å². The molecule has 1 aromatic carbocycles. The van der Waals surface area contributed by atoms with Crippen LogP contribution in [0.4, 0.5) is 5.69 Å². The quantitative estimate of drug-likeness (QED) is 0.764. The van der Waals surface area contributed by atoms with Crippen LogP contribution in [0.5, 0.6) is 0 Å². The maximum Gasteiger partial charge on any atom is 0.269 e. The van der Waals surface area contributed by atoms with Crippen molar-refractivity contribution in [3.63, 3.8) is 0 Å². The summed E-state index contributed by atoms with van der Waals surface area (Å²) in [6, 6.07) is 5.08. The lowest BCUT2D eigenvalue weighted by molar-refractivity contribution is 0.0954. The van der Waals surface area contributed by atoms with E-state index < -0.39 is 0 Å². The van der Waals surface area contributed by atoms with E-state index in [1.54, 1.807) is 25.1 Å². The molecule has 0 unspecified atom stereocenters. The molecule has 7 nitrogen and oxygen atoms in total. The van der Waals surface area contributed by atoms with Crippen LogP contribution < -0.4 is 16.4 Å². The van der Waals surface area contributed by atoms with Gasteiger partial charge in [0.25, 0.3) is 11.8 Å². The number of anilines is 1. The third-order valence-electron chi connectivity index (χ3n) is 3.02. The van der Waals surface area contributed by atoms with Crippen LogP contribution >= 0.6 is 11.5 Å². The van der Waals surface area contributed by atoms with Crippen LogP contribution in [0.15, 0.2) is 18.2 Å². The second kappa shape index (κ2) is 7.10. The molecule has 0 radical (unpaired) electrons. The first-order valence-electron chi connectivity index (χ1n) is 6.72. The number of nitrogens with zero attached hydrogens (tertiary/aromatic N) is 2. The fourth-order valence-corrected chi connectivity index (χ4v) is 2.40. The Morgan fingerprint density at radius 1 is 1.27 bits per heavy atom. The summed E-state index contributed by atoms with van der Waals surface area (Å²) in [5, 5.41) is 9.31. The number of nitrogens with two attached hydrogens (primary N) is 1. The Labute approximate surface area is 132 Å². The summed E-state index contributed by atoms with van der Waals surface area (Å²) in [7, 11) is 0. The average Bonchev–Trinajstić information content (AvgIpc) is 2.93. The Bertz CT molecular complexity index is 698. The zero-order chi connectivity index (χ0) is 16.1. The van der Waals surface area contributed by atoms with Gasteiger partial charge in [-0.25, -0.2) is 0 Å². The molecule has 0 spiro atoms. The molecule has 4 N–H and O–H groups in total. The Morgan fingerprint density at radius 2 is 2.05 bits per heavy atom. The van der Waals surface area contributed by atoms with Crippen molar-refractivity contribution in [1.29, 1.82) is 0 Å². The lowest BCUT2D eigenvalue weighted by Gasteiger charge is -2.10. The van der Waals surface area contributed by atoms with Gasteiger partial charge in [0.1, 0.15) is 4.88 Å². The highest BCUT2D eigenvalue weighted by Gasteiger charge is 2.15. The van der Waals surface area contributed by atoms with Crippen molar-refractivity contribution in [2.45, 2.75) is 13.8 Å². The Kier molecular flexibility index (Phi) is 5.18. The number of hydrogen-bond acceptors (Lipinski definition) is 6. The molecule has 0 atom stereocenters. The van der Waals surface area contributed by atoms with E-state index in [1.807, 2.05) is 6.92 Å². The number of rotatable bonds is 5. The van der Waals surface area contributed by atoms with E-state index >= 15 is 0 Å². The number of carbonyl (C=O) groups is 2. The lowest BCUT2D eigenvalue weighted by Crippen LogP contribution is -2.29. The molecule has 0 saturated heterocycles. The van der Waals surface area contributed by atoms with Gasteiger partial charge < -0.3 is 16.4 Å². The minimum Gasteiger partial charge on any atom is -0.351 e. The number of nitrogens with one attached hydrogen (secondary N) is 2. The molecule has 0 aliphatic rings. The highest BCUT2D eigenvalue weighted by atomic mass is 32.1. The van der Waals surface area contributed by atoms with E-state index in [0.717, 1.165) is 17.1 Å². The van der Waals surface area contributed by atoms with Crippen LogP contribution in [0.1, 0.15) is 31.3 Å². The van der Waals surface area contributed by atoms with Gasteiger partial charge in [-0.05, 0) is 49.1 Å². The predicted octanol–water partition coefficient (Wildman–Crippen LogP) is 1.10. The molecular formula is C14H17N5O2S. The van der Waals surface area contributed by atoms with Crippen molar-refractivity contribution in [3.05, 3.63) is 39.9 Å². The smallest absolute Gasteiger partial charge is 0.269 e. The molecule has 2 aromatic rings. The predicted molar refractivity (Wildman–Crippen MR) is 85.2 cm³/mol. The van der Waals surface area contributed by atoms with Gasteiger partial charge in [0.05, 0.1) is 5.69 Å². The summed E-state index contributed by atoms with van der Waals surface area (Å²) in [5.41, 5.74) is 7.92. The number of aryl methyl sites for hydroxylation is 2. The molecule has 2 amide bonds. The topological polar surface area (TPSA) is 110 Å². The summed E-state index contributed by atoms with van der Waals surface area (Å²) in [5.74, 6) is -0.440. The molecule has 0 aliphatic carbocycles. The molecule has 116 valence electrons. The van der Waals surface area contributed by atoms with Gasteiger partial charge in [0.15, 0.2) is 0 Å². The molecular weight excluding hydrogens is 302 g/mol. The summed E-state index contributed by atoms with van der Waals surface area (Å²) >= 11 is 1.05. The second-order valence-corrected chi connectivity index (χ2v) is 5.47. The molecule has 1 aromatic heterocycles. The summed E-state index contributed by atoms with van der Waals surface area (Å²) in [6.45, 7) is 4.37. The Morgan fingerprint density at radius 3 is 2.64 bits per heavy atom. The molecule has 0 saturated carbocycles. The molecule has 22 heavy (non-hydrogen) atoms. The van der Waals surface area contributed by atoms with Crippen molar-refractivity contribution < 1.29 is 9.59 Å². The van der Waals surface area contributed by atoms with E-state index in [9.17, 15) is 9.59 Å². The van der Waals surface area contributed by atoms with E-state index in [4.69, 9.17) is 5.73 Å². The number of aromatic nitrogens is 2. The summed E-state index contributed by atoms with van der Waals surface area (Å²) in [6.07, 6.45) is 0. The Hall–Kier alpha value is -2.32. The SMILES string of the molecule is Cc1cc(C(=O)NCCN)ccc1NC(=O)c1snnc1C. The molecule has 1 heterocycles. The van der Waals surface area contributed by atoms with Crippen LogP contribution in [0.2, 0.25) is 0 Å². The first-order chi connectivity index (χ1) is 10.5. The number of hydrogen-bond donors (Lipinski definition) is 3. The van der Waals surface area contributed by atoms with Gasteiger partial charge in [0.2, 0.25) is 0 Å².